The third kappa shape index (κ3) is 2.67. The lowest BCUT2D eigenvalue weighted by molar-refractivity contribution is 0.486. The lowest BCUT2D eigenvalue weighted by Gasteiger charge is -2.13. The zero-order valence-corrected chi connectivity index (χ0v) is 10.4. The largest absolute Gasteiger partial charge is 0.431 e. The van der Waals surface area contributed by atoms with Crippen LogP contribution in [0.4, 0.5) is 0 Å². The van der Waals surface area contributed by atoms with E-state index in [0.717, 1.165) is 11.1 Å². The van der Waals surface area contributed by atoms with Gasteiger partial charge >= 0.3 is 0 Å². The summed E-state index contributed by atoms with van der Waals surface area (Å²) in [6.45, 7) is 6.37. The van der Waals surface area contributed by atoms with Crippen LogP contribution in [0.3, 0.4) is 0 Å². The second kappa shape index (κ2) is 3.72. The van der Waals surface area contributed by atoms with Crippen LogP contribution in [0, 0.1) is 0 Å². The molecule has 0 amide bonds. The van der Waals surface area contributed by atoms with Crippen molar-refractivity contribution in [3.05, 3.63) is 23.2 Å². The molecule has 0 saturated heterocycles. The molecule has 15 heavy (non-hydrogen) atoms. The zero-order valence-electron chi connectivity index (χ0n) is 8.87. The maximum atomic E-state index is 5.87. The normalized spacial score (nSPS) is 12.3. The molecule has 2 aromatic rings. The Morgan fingerprint density at radius 3 is 2.73 bits per heavy atom. The molecule has 0 spiro atoms. The lowest BCUT2D eigenvalue weighted by Crippen LogP contribution is -2.06. The van der Waals surface area contributed by atoms with E-state index in [1.54, 1.807) is 17.8 Å². The van der Waals surface area contributed by atoms with Crippen LogP contribution in [-0.2, 0) is 0 Å². The Hall–Kier alpha value is -0.670. The highest BCUT2D eigenvalue weighted by molar-refractivity contribution is 8.00. The van der Waals surface area contributed by atoms with Crippen LogP contribution in [0.15, 0.2) is 27.8 Å². The summed E-state index contributed by atoms with van der Waals surface area (Å²) in [5, 5.41) is 1.38. The van der Waals surface area contributed by atoms with Crippen LogP contribution in [-0.4, -0.2) is 9.73 Å². The third-order valence-corrected chi connectivity index (χ3v) is 2.92. The first-order valence-corrected chi connectivity index (χ1v) is 5.89. The van der Waals surface area contributed by atoms with Crippen LogP contribution in [0.5, 0.6) is 0 Å². The van der Waals surface area contributed by atoms with Gasteiger partial charge in [0.2, 0.25) is 0 Å². The van der Waals surface area contributed by atoms with Crippen molar-refractivity contribution in [1.82, 2.24) is 4.98 Å². The van der Waals surface area contributed by atoms with E-state index in [-0.39, 0.29) is 4.75 Å². The predicted molar refractivity (Wildman–Crippen MR) is 64.6 cm³/mol. The van der Waals surface area contributed by atoms with E-state index in [2.05, 4.69) is 25.8 Å². The van der Waals surface area contributed by atoms with Crippen molar-refractivity contribution in [3.63, 3.8) is 0 Å². The van der Waals surface area contributed by atoms with Gasteiger partial charge in [0.1, 0.15) is 5.52 Å². The quantitative estimate of drug-likeness (QED) is 0.694. The van der Waals surface area contributed by atoms with Gasteiger partial charge in [0, 0.05) is 9.77 Å². The Morgan fingerprint density at radius 1 is 1.33 bits per heavy atom. The minimum absolute atomic E-state index is 0.102. The van der Waals surface area contributed by atoms with Crippen molar-refractivity contribution in [2.75, 3.05) is 0 Å². The molecule has 0 aliphatic heterocycles. The molecule has 1 aromatic heterocycles. The zero-order chi connectivity index (χ0) is 11.1. The Bertz CT molecular complexity index is 487. The molecule has 2 nitrogen and oxygen atoms in total. The molecule has 0 saturated carbocycles. The molecular formula is C11H12ClNOS. The fourth-order valence-electron chi connectivity index (χ4n) is 1.19. The maximum absolute atomic E-state index is 5.87. The molecule has 0 fully saturated rings. The summed E-state index contributed by atoms with van der Waals surface area (Å²) >= 11 is 7.48. The predicted octanol–water partition coefficient (Wildman–Crippen LogP) is 4.37. The summed E-state index contributed by atoms with van der Waals surface area (Å²) in [7, 11) is 0. The average Bonchev–Trinajstić information content (AvgIpc) is 2.42. The number of hydrogen-bond donors (Lipinski definition) is 0. The number of thioether (sulfide) groups is 1. The van der Waals surface area contributed by atoms with Crippen LogP contribution in [0.2, 0.25) is 5.02 Å². The Morgan fingerprint density at radius 2 is 2.07 bits per heavy atom. The Balaban J connectivity index is 2.39. The van der Waals surface area contributed by atoms with Crippen molar-refractivity contribution < 1.29 is 4.42 Å². The van der Waals surface area contributed by atoms with Crippen molar-refractivity contribution in [1.29, 1.82) is 0 Å². The second-order valence-electron chi connectivity index (χ2n) is 4.31. The summed E-state index contributed by atoms with van der Waals surface area (Å²) in [4.78, 5) is 4.37. The van der Waals surface area contributed by atoms with Crippen LogP contribution in [0.25, 0.3) is 11.1 Å². The average molecular weight is 242 g/mol. The number of rotatable bonds is 1. The molecule has 4 heteroatoms. The number of halogens is 1. The van der Waals surface area contributed by atoms with Crippen LogP contribution < -0.4 is 0 Å². The summed E-state index contributed by atoms with van der Waals surface area (Å²) in [5.41, 5.74) is 1.60. The van der Waals surface area contributed by atoms with E-state index in [1.165, 1.54) is 0 Å². The molecule has 0 bridgehead atoms. The van der Waals surface area contributed by atoms with Crippen LogP contribution in [0.1, 0.15) is 20.8 Å². The molecular weight excluding hydrogens is 230 g/mol. The molecule has 0 N–H and O–H groups in total. The molecule has 0 radical (unpaired) electrons. The summed E-state index contributed by atoms with van der Waals surface area (Å²) in [6, 6.07) is 5.46. The van der Waals surface area contributed by atoms with Gasteiger partial charge in [0.05, 0.1) is 0 Å². The topological polar surface area (TPSA) is 26.0 Å². The first-order valence-electron chi connectivity index (χ1n) is 4.69. The van der Waals surface area contributed by atoms with Gasteiger partial charge in [-0.2, -0.15) is 0 Å². The molecule has 0 aliphatic carbocycles. The Labute approximate surface area is 98.0 Å². The van der Waals surface area contributed by atoms with Gasteiger partial charge in [-0.1, -0.05) is 44.1 Å². The minimum atomic E-state index is 0.102. The van der Waals surface area contributed by atoms with Crippen molar-refractivity contribution >= 4 is 34.5 Å². The van der Waals surface area contributed by atoms with E-state index in [9.17, 15) is 0 Å². The molecule has 0 aliphatic rings. The first-order chi connectivity index (χ1) is 6.94. The van der Waals surface area contributed by atoms with Crippen molar-refractivity contribution in [2.45, 2.75) is 30.7 Å². The number of nitrogens with zero attached hydrogens (tertiary/aromatic N) is 1. The third-order valence-electron chi connectivity index (χ3n) is 1.72. The van der Waals surface area contributed by atoms with Gasteiger partial charge in [0.25, 0.3) is 5.22 Å². The monoisotopic (exact) mass is 241 g/mol. The number of aromatic nitrogens is 1. The van der Waals surface area contributed by atoms with Gasteiger partial charge in [-0.25, -0.2) is 4.98 Å². The highest BCUT2D eigenvalue weighted by Gasteiger charge is 2.16. The highest BCUT2D eigenvalue weighted by atomic mass is 35.5. The SMILES string of the molecule is CC(C)(C)Sc1nc2cc(Cl)ccc2o1. The Kier molecular flexibility index (Phi) is 2.69. The maximum Gasteiger partial charge on any atom is 0.257 e. The van der Waals surface area contributed by atoms with Crippen LogP contribution >= 0.6 is 23.4 Å². The number of benzene rings is 1. The van der Waals surface area contributed by atoms with E-state index in [0.29, 0.717) is 10.2 Å². The van der Waals surface area contributed by atoms with E-state index < -0.39 is 0 Å². The summed E-state index contributed by atoms with van der Waals surface area (Å²) in [6.07, 6.45) is 0. The molecule has 0 atom stereocenters. The number of hydrogen-bond acceptors (Lipinski definition) is 3. The van der Waals surface area contributed by atoms with Gasteiger partial charge in [0.15, 0.2) is 5.58 Å². The molecule has 1 heterocycles. The summed E-state index contributed by atoms with van der Waals surface area (Å²) < 4.78 is 5.69. The van der Waals surface area contributed by atoms with Crippen molar-refractivity contribution in [2.24, 2.45) is 0 Å². The first kappa shape index (κ1) is 10.8. The molecule has 1 aromatic carbocycles. The molecule has 2 rings (SSSR count). The van der Waals surface area contributed by atoms with Crippen molar-refractivity contribution in [3.8, 4) is 0 Å². The fourth-order valence-corrected chi connectivity index (χ4v) is 2.15. The smallest absolute Gasteiger partial charge is 0.257 e. The second-order valence-corrected chi connectivity index (χ2v) is 6.52. The fraction of sp³-hybridized carbons (Fsp3) is 0.364. The standard InChI is InChI=1S/C11H12ClNOS/c1-11(2,3)15-10-13-8-6-7(12)4-5-9(8)14-10/h4-6H,1-3H3. The van der Waals surface area contributed by atoms with Gasteiger partial charge in [-0.15, -0.1) is 0 Å². The summed E-state index contributed by atoms with van der Waals surface area (Å²) in [5.74, 6) is 0. The number of fused-ring (bicyclic) bond motifs is 1. The van der Waals surface area contributed by atoms with Gasteiger partial charge in [-0.3, -0.25) is 0 Å². The lowest BCUT2D eigenvalue weighted by atomic mass is 10.3. The minimum Gasteiger partial charge on any atom is -0.431 e. The highest BCUT2D eigenvalue weighted by Crippen LogP contribution is 2.33. The van der Waals surface area contributed by atoms with E-state index in [1.807, 2.05) is 12.1 Å². The molecule has 0 unspecified atom stereocenters. The molecule has 80 valence electrons. The van der Waals surface area contributed by atoms with Gasteiger partial charge in [-0.05, 0) is 18.2 Å². The van der Waals surface area contributed by atoms with E-state index in [4.69, 9.17) is 16.0 Å². The number of oxazole rings is 1. The van der Waals surface area contributed by atoms with E-state index >= 15 is 0 Å². The van der Waals surface area contributed by atoms with Gasteiger partial charge < -0.3 is 4.42 Å².